The van der Waals surface area contributed by atoms with E-state index < -0.39 is 0 Å². The SMILES string of the molecule is c1ccc2c(c1)nc(-c1ccc(-c3ccc(-c4cn5ccccc5n4)cc3)cc1)c1c2nc2ccccn21. The van der Waals surface area contributed by atoms with Gasteiger partial charge in [-0.15, -0.1) is 0 Å². The number of aromatic nitrogens is 5. The second-order valence-corrected chi connectivity index (χ2v) is 9.46. The molecule has 5 aromatic heterocycles. The lowest BCUT2D eigenvalue weighted by Gasteiger charge is -2.09. The van der Waals surface area contributed by atoms with Crippen molar-refractivity contribution in [1.29, 1.82) is 0 Å². The van der Waals surface area contributed by atoms with Gasteiger partial charge in [0.1, 0.15) is 16.8 Å². The lowest BCUT2D eigenvalue weighted by atomic mass is 10.00. The van der Waals surface area contributed by atoms with Crippen LogP contribution in [0.3, 0.4) is 0 Å². The molecule has 0 saturated carbocycles. The van der Waals surface area contributed by atoms with E-state index >= 15 is 0 Å². The molecule has 0 aliphatic rings. The van der Waals surface area contributed by atoms with Crippen molar-refractivity contribution in [2.75, 3.05) is 0 Å². The standard InChI is InChI=1S/C33H21N5/c1-2-8-27-26(7-1)32-33(38-20-6-4-10-30(38)36-32)31(35-27)25-17-13-23(14-18-25)22-11-15-24(16-12-22)28-21-37-19-5-3-9-29(37)34-28/h1-21H. The summed E-state index contributed by atoms with van der Waals surface area (Å²) in [6, 6.07) is 37.6. The molecule has 0 bridgehead atoms. The average molecular weight is 488 g/mol. The van der Waals surface area contributed by atoms with E-state index in [1.807, 2.05) is 59.1 Å². The Hall–Kier alpha value is -5.29. The van der Waals surface area contributed by atoms with Crippen LogP contribution in [0.2, 0.25) is 0 Å². The summed E-state index contributed by atoms with van der Waals surface area (Å²) in [6.45, 7) is 0. The van der Waals surface area contributed by atoms with Gasteiger partial charge in [-0.05, 0) is 41.5 Å². The van der Waals surface area contributed by atoms with Crippen LogP contribution in [0.4, 0.5) is 0 Å². The molecule has 178 valence electrons. The summed E-state index contributed by atoms with van der Waals surface area (Å²) in [7, 11) is 0. The molecule has 5 heteroatoms. The van der Waals surface area contributed by atoms with Crippen molar-refractivity contribution in [2.24, 2.45) is 0 Å². The van der Waals surface area contributed by atoms with Crippen LogP contribution >= 0.6 is 0 Å². The molecule has 3 aromatic carbocycles. The molecule has 0 spiro atoms. The lowest BCUT2D eigenvalue weighted by molar-refractivity contribution is 1.19. The zero-order valence-corrected chi connectivity index (χ0v) is 20.4. The molecule has 0 aliphatic carbocycles. The topological polar surface area (TPSA) is 47.5 Å². The van der Waals surface area contributed by atoms with Gasteiger partial charge in [-0.2, -0.15) is 0 Å². The Morgan fingerprint density at radius 3 is 1.95 bits per heavy atom. The summed E-state index contributed by atoms with van der Waals surface area (Å²) in [5.41, 5.74) is 11.2. The van der Waals surface area contributed by atoms with Gasteiger partial charge in [-0.25, -0.2) is 15.0 Å². The minimum atomic E-state index is 0.921. The second-order valence-electron chi connectivity index (χ2n) is 9.46. The molecule has 5 heterocycles. The predicted molar refractivity (Wildman–Crippen MR) is 153 cm³/mol. The van der Waals surface area contributed by atoms with E-state index in [0.717, 1.165) is 66.9 Å². The van der Waals surface area contributed by atoms with Crippen molar-refractivity contribution < 1.29 is 0 Å². The number of hydrogen-bond acceptors (Lipinski definition) is 3. The highest BCUT2D eigenvalue weighted by Crippen LogP contribution is 2.34. The summed E-state index contributed by atoms with van der Waals surface area (Å²) in [5, 5.41) is 1.07. The van der Waals surface area contributed by atoms with Gasteiger partial charge in [0.05, 0.1) is 22.4 Å². The monoisotopic (exact) mass is 487 g/mol. The molecular formula is C33H21N5. The van der Waals surface area contributed by atoms with Crippen LogP contribution in [-0.4, -0.2) is 23.8 Å². The first-order valence-electron chi connectivity index (χ1n) is 12.6. The number of benzene rings is 3. The zero-order chi connectivity index (χ0) is 25.1. The maximum atomic E-state index is 5.09. The molecule has 0 amide bonds. The van der Waals surface area contributed by atoms with Crippen molar-refractivity contribution >= 4 is 33.2 Å². The lowest BCUT2D eigenvalue weighted by Crippen LogP contribution is -1.92. The van der Waals surface area contributed by atoms with Gasteiger partial charge < -0.3 is 4.40 Å². The van der Waals surface area contributed by atoms with Gasteiger partial charge >= 0.3 is 0 Å². The van der Waals surface area contributed by atoms with Crippen LogP contribution < -0.4 is 0 Å². The summed E-state index contributed by atoms with van der Waals surface area (Å²) in [5.74, 6) is 0. The molecule has 0 aliphatic heterocycles. The number of fused-ring (bicyclic) bond motifs is 6. The minimum Gasteiger partial charge on any atom is -0.306 e. The molecule has 38 heavy (non-hydrogen) atoms. The maximum Gasteiger partial charge on any atom is 0.137 e. The van der Waals surface area contributed by atoms with Gasteiger partial charge in [0.15, 0.2) is 0 Å². The molecule has 0 unspecified atom stereocenters. The predicted octanol–water partition coefficient (Wildman–Crippen LogP) is 7.68. The summed E-state index contributed by atoms with van der Waals surface area (Å²) >= 11 is 0. The number of para-hydroxylation sites is 1. The molecule has 5 nitrogen and oxygen atoms in total. The number of hydrogen-bond donors (Lipinski definition) is 0. The molecule has 0 fully saturated rings. The number of nitrogens with zero attached hydrogens (tertiary/aromatic N) is 5. The third kappa shape index (κ3) is 3.22. The fraction of sp³-hybridized carbons (Fsp3) is 0. The van der Waals surface area contributed by atoms with E-state index in [9.17, 15) is 0 Å². The quantitative estimate of drug-likeness (QED) is 0.257. The van der Waals surface area contributed by atoms with Crippen LogP contribution in [0.1, 0.15) is 0 Å². The third-order valence-corrected chi connectivity index (χ3v) is 7.18. The number of pyridine rings is 3. The zero-order valence-electron chi connectivity index (χ0n) is 20.4. The Morgan fingerprint density at radius 2 is 1.16 bits per heavy atom. The molecule has 8 aromatic rings. The number of rotatable bonds is 3. The fourth-order valence-electron chi connectivity index (χ4n) is 5.28. The maximum absolute atomic E-state index is 5.09. The molecule has 8 rings (SSSR count). The van der Waals surface area contributed by atoms with E-state index in [0.29, 0.717) is 0 Å². The van der Waals surface area contributed by atoms with Gasteiger partial charge in [0.2, 0.25) is 0 Å². The fourth-order valence-corrected chi connectivity index (χ4v) is 5.28. The Morgan fingerprint density at radius 1 is 0.500 bits per heavy atom. The second kappa shape index (κ2) is 8.11. The smallest absolute Gasteiger partial charge is 0.137 e. The first-order valence-corrected chi connectivity index (χ1v) is 12.6. The first-order chi connectivity index (χ1) is 18.8. The van der Waals surface area contributed by atoms with E-state index in [1.165, 1.54) is 0 Å². The van der Waals surface area contributed by atoms with E-state index in [-0.39, 0.29) is 0 Å². The third-order valence-electron chi connectivity index (χ3n) is 7.18. The summed E-state index contributed by atoms with van der Waals surface area (Å²) in [6.07, 6.45) is 6.15. The van der Waals surface area contributed by atoms with Gasteiger partial charge in [0.25, 0.3) is 0 Å². The normalized spacial score (nSPS) is 11.7. The van der Waals surface area contributed by atoms with Crippen LogP contribution in [0.15, 0.2) is 128 Å². The number of imidazole rings is 2. The van der Waals surface area contributed by atoms with E-state index in [1.54, 1.807) is 0 Å². The van der Waals surface area contributed by atoms with Gasteiger partial charge in [-0.3, -0.25) is 4.40 Å². The first kappa shape index (κ1) is 20.9. The van der Waals surface area contributed by atoms with Crippen molar-refractivity contribution in [3.8, 4) is 33.6 Å². The molecule has 0 N–H and O–H groups in total. The average Bonchev–Trinajstić information content (AvgIpc) is 3.59. The Kier molecular flexibility index (Phi) is 4.45. The molecule has 0 atom stereocenters. The highest BCUT2D eigenvalue weighted by Gasteiger charge is 2.16. The Labute approximate surface area is 218 Å². The Balaban J connectivity index is 1.20. The van der Waals surface area contributed by atoms with Gasteiger partial charge in [0, 0.05) is 35.1 Å². The van der Waals surface area contributed by atoms with Crippen molar-refractivity contribution in [1.82, 2.24) is 23.8 Å². The highest BCUT2D eigenvalue weighted by atomic mass is 15.0. The van der Waals surface area contributed by atoms with Crippen LogP contribution in [0.25, 0.3) is 66.9 Å². The van der Waals surface area contributed by atoms with Crippen molar-refractivity contribution in [2.45, 2.75) is 0 Å². The largest absolute Gasteiger partial charge is 0.306 e. The molecular weight excluding hydrogens is 466 g/mol. The molecule has 0 saturated heterocycles. The highest BCUT2D eigenvalue weighted by molar-refractivity contribution is 6.09. The van der Waals surface area contributed by atoms with Gasteiger partial charge in [-0.1, -0.05) is 78.9 Å². The summed E-state index contributed by atoms with van der Waals surface area (Å²) < 4.78 is 4.18. The van der Waals surface area contributed by atoms with Crippen molar-refractivity contribution in [3.63, 3.8) is 0 Å². The summed E-state index contributed by atoms with van der Waals surface area (Å²) in [4.78, 5) is 14.8. The van der Waals surface area contributed by atoms with E-state index in [4.69, 9.17) is 15.0 Å². The van der Waals surface area contributed by atoms with Crippen molar-refractivity contribution in [3.05, 3.63) is 128 Å². The van der Waals surface area contributed by atoms with E-state index in [2.05, 4.69) is 77.5 Å². The minimum absolute atomic E-state index is 0.921. The van der Waals surface area contributed by atoms with Crippen LogP contribution in [0.5, 0.6) is 0 Å². The van der Waals surface area contributed by atoms with Crippen LogP contribution in [-0.2, 0) is 0 Å². The van der Waals surface area contributed by atoms with Crippen LogP contribution in [0, 0.1) is 0 Å². The Bertz CT molecular complexity index is 2080. The molecule has 0 radical (unpaired) electrons.